The minimum Gasteiger partial charge on any atom is -0.492 e. The summed E-state index contributed by atoms with van der Waals surface area (Å²) in [5, 5.41) is 18.1. The van der Waals surface area contributed by atoms with Gasteiger partial charge in [-0.3, -0.25) is 9.38 Å². The first-order valence-corrected chi connectivity index (χ1v) is 2.99. The summed E-state index contributed by atoms with van der Waals surface area (Å²) in [6, 6.07) is -0.236. The molecule has 2 rings (SSSR count). The van der Waals surface area contributed by atoms with E-state index in [1.54, 1.807) is 0 Å². The second-order valence-corrected chi connectivity index (χ2v) is 2.07. The Morgan fingerprint density at radius 3 is 2.91 bits per heavy atom. The first kappa shape index (κ1) is 5.96. The van der Waals surface area contributed by atoms with Crippen LogP contribution in [0.15, 0.2) is 18.6 Å². The highest BCUT2D eigenvalue weighted by molar-refractivity contribution is 5.56. The van der Waals surface area contributed by atoms with Crippen LogP contribution in [-0.4, -0.2) is 24.6 Å². The molecule has 0 atom stereocenters. The number of aromatic nitrogens is 3. The number of rotatable bonds is 0. The lowest BCUT2D eigenvalue weighted by Gasteiger charge is -1.89. The van der Waals surface area contributed by atoms with E-state index in [0.717, 1.165) is 0 Å². The van der Waals surface area contributed by atoms with E-state index in [1.807, 2.05) is 0 Å². The van der Waals surface area contributed by atoms with E-state index in [9.17, 15) is 0 Å². The zero-order valence-electron chi connectivity index (χ0n) is 5.47. The van der Waals surface area contributed by atoms with Crippen molar-refractivity contribution in [3.05, 3.63) is 18.6 Å². The maximum Gasteiger partial charge on any atom is 0.302 e. The Bertz CT molecular complexity index is 360. The van der Waals surface area contributed by atoms with E-state index in [0.29, 0.717) is 5.52 Å². The van der Waals surface area contributed by atoms with Crippen LogP contribution in [0.2, 0.25) is 0 Å². The molecule has 2 aromatic rings. The van der Waals surface area contributed by atoms with Crippen LogP contribution in [0.5, 0.6) is 11.9 Å². The van der Waals surface area contributed by atoms with Crippen LogP contribution in [0.1, 0.15) is 0 Å². The van der Waals surface area contributed by atoms with Crippen molar-refractivity contribution in [3.63, 3.8) is 0 Å². The van der Waals surface area contributed by atoms with E-state index in [1.165, 1.54) is 23.0 Å². The van der Waals surface area contributed by atoms with Crippen molar-refractivity contribution in [2.75, 3.05) is 0 Å². The summed E-state index contributed by atoms with van der Waals surface area (Å²) in [4.78, 5) is 7.18. The van der Waals surface area contributed by atoms with E-state index < -0.39 is 0 Å². The summed E-state index contributed by atoms with van der Waals surface area (Å²) in [5.74, 6) is -0.212. The molecule has 0 aliphatic carbocycles. The van der Waals surface area contributed by atoms with Crippen molar-refractivity contribution in [3.8, 4) is 11.9 Å². The Balaban J connectivity index is 2.95. The highest BCUT2D eigenvalue weighted by Gasteiger charge is 2.06. The summed E-state index contributed by atoms with van der Waals surface area (Å²) < 4.78 is 1.34. The molecule has 11 heavy (non-hydrogen) atoms. The topological polar surface area (TPSA) is 70.7 Å². The van der Waals surface area contributed by atoms with Gasteiger partial charge in [-0.25, -0.2) is 0 Å². The predicted molar refractivity (Wildman–Crippen MR) is 36.3 cm³/mol. The summed E-state index contributed by atoms with van der Waals surface area (Å²) in [6.45, 7) is 0. The minimum atomic E-state index is -0.236. The van der Waals surface area contributed by atoms with Gasteiger partial charge in [-0.05, 0) is 0 Å². The average molecular weight is 151 g/mol. The fourth-order valence-electron chi connectivity index (χ4n) is 0.907. The highest BCUT2D eigenvalue weighted by atomic mass is 16.3. The van der Waals surface area contributed by atoms with Gasteiger partial charge in [0.2, 0.25) is 5.88 Å². The van der Waals surface area contributed by atoms with Gasteiger partial charge in [-0.1, -0.05) is 0 Å². The average Bonchev–Trinajstić information content (AvgIpc) is 2.30. The van der Waals surface area contributed by atoms with Gasteiger partial charge in [0.25, 0.3) is 0 Å². The SMILES string of the molecule is Oc1nc(O)n2ccncc12. The van der Waals surface area contributed by atoms with E-state index >= 15 is 0 Å². The third-order valence-electron chi connectivity index (χ3n) is 1.41. The Labute approximate surface area is 61.6 Å². The van der Waals surface area contributed by atoms with Gasteiger partial charge in [0.05, 0.1) is 6.20 Å². The Morgan fingerprint density at radius 2 is 2.18 bits per heavy atom. The van der Waals surface area contributed by atoms with Crippen molar-refractivity contribution in [1.29, 1.82) is 0 Å². The van der Waals surface area contributed by atoms with Crippen molar-refractivity contribution in [2.24, 2.45) is 0 Å². The third kappa shape index (κ3) is 0.706. The number of imidazole rings is 1. The molecule has 56 valence electrons. The number of hydrogen-bond donors (Lipinski definition) is 2. The molecule has 0 fully saturated rings. The molecule has 0 radical (unpaired) electrons. The van der Waals surface area contributed by atoms with Crippen molar-refractivity contribution in [2.45, 2.75) is 0 Å². The normalized spacial score (nSPS) is 10.5. The number of aromatic hydroxyl groups is 2. The van der Waals surface area contributed by atoms with Gasteiger partial charge >= 0.3 is 6.01 Å². The molecule has 0 bridgehead atoms. The number of hydrogen-bond acceptors (Lipinski definition) is 4. The minimum absolute atomic E-state index is 0.212. The van der Waals surface area contributed by atoms with E-state index in [2.05, 4.69) is 9.97 Å². The molecule has 0 saturated carbocycles. The number of nitrogens with zero attached hydrogens (tertiary/aromatic N) is 3. The fourth-order valence-corrected chi connectivity index (χ4v) is 0.907. The quantitative estimate of drug-likeness (QED) is 0.561. The molecule has 0 spiro atoms. The van der Waals surface area contributed by atoms with Crippen LogP contribution < -0.4 is 0 Å². The molecule has 0 saturated heterocycles. The van der Waals surface area contributed by atoms with Crippen molar-refractivity contribution < 1.29 is 10.2 Å². The van der Waals surface area contributed by atoms with Crippen LogP contribution in [0.4, 0.5) is 0 Å². The largest absolute Gasteiger partial charge is 0.492 e. The molecule has 2 heterocycles. The lowest BCUT2D eigenvalue weighted by atomic mass is 10.5. The fraction of sp³-hybridized carbons (Fsp3) is 0. The summed E-state index contributed by atoms with van der Waals surface area (Å²) in [5.41, 5.74) is 0.394. The first-order chi connectivity index (χ1) is 5.29. The molecule has 2 N–H and O–H groups in total. The second-order valence-electron chi connectivity index (χ2n) is 2.07. The van der Waals surface area contributed by atoms with E-state index in [4.69, 9.17) is 10.2 Å². The second kappa shape index (κ2) is 1.85. The first-order valence-electron chi connectivity index (χ1n) is 2.99. The monoisotopic (exact) mass is 151 g/mol. The van der Waals surface area contributed by atoms with Crippen molar-refractivity contribution in [1.82, 2.24) is 14.4 Å². The van der Waals surface area contributed by atoms with Crippen molar-refractivity contribution >= 4 is 5.52 Å². The van der Waals surface area contributed by atoms with E-state index in [-0.39, 0.29) is 11.9 Å². The summed E-state index contributed by atoms with van der Waals surface area (Å²) >= 11 is 0. The Morgan fingerprint density at radius 1 is 1.36 bits per heavy atom. The summed E-state index contributed by atoms with van der Waals surface area (Å²) in [7, 11) is 0. The van der Waals surface area contributed by atoms with Gasteiger partial charge in [0.15, 0.2) is 0 Å². The molecule has 0 aromatic carbocycles. The zero-order valence-corrected chi connectivity index (χ0v) is 5.47. The predicted octanol–water partition coefficient (Wildman–Crippen LogP) is 0.140. The summed E-state index contributed by atoms with van der Waals surface area (Å²) in [6.07, 6.45) is 4.42. The highest BCUT2D eigenvalue weighted by Crippen LogP contribution is 2.20. The maximum absolute atomic E-state index is 9.06. The Kier molecular flexibility index (Phi) is 1.00. The van der Waals surface area contributed by atoms with Gasteiger partial charge in [-0.15, -0.1) is 0 Å². The lowest BCUT2D eigenvalue weighted by molar-refractivity contribution is 0.412. The number of fused-ring (bicyclic) bond motifs is 1. The van der Waals surface area contributed by atoms with Crippen LogP contribution in [-0.2, 0) is 0 Å². The van der Waals surface area contributed by atoms with Crippen LogP contribution in [0.25, 0.3) is 5.52 Å². The van der Waals surface area contributed by atoms with Gasteiger partial charge < -0.3 is 10.2 Å². The molecule has 5 nitrogen and oxygen atoms in total. The molecule has 0 aliphatic heterocycles. The third-order valence-corrected chi connectivity index (χ3v) is 1.41. The van der Waals surface area contributed by atoms with Crippen LogP contribution in [0, 0.1) is 0 Å². The molecule has 0 amide bonds. The maximum atomic E-state index is 9.06. The van der Waals surface area contributed by atoms with Crippen LogP contribution in [0.3, 0.4) is 0 Å². The molecule has 0 aliphatic rings. The molecule has 0 unspecified atom stereocenters. The standard InChI is InChI=1S/C6H5N3O2/c10-5-4-3-7-1-2-9(4)6(11)8-5/h1-3,10H,(H,8,11). The lowest BCUT2D eigenvalue weighted by Crippen LogP contribution is -1.82. The zero-order chi connectivity index (χ0) is 7.84. The molecule has 2 aromatic heterocycles. The van der Waals surface area contributed by atoms with Gasteiger partial charge in [-0.2, -0.15) is 4.98 Å². The smallest absolute Gasteiger partial charge is 0.302 e. The van der Waals surface area contributed by atoms with Crippen LogP contribution >= 0.6 is 0 Å². The Hall–Kier alpha value is -1.78. The molecular weight excluding hydrogens is 146 g/mol. The van der Waals surface area contributed by atoms with Gasteiger partial charge in [0, 0.05) is 12.4 Å². The molecule has 5 heteroatoms. The molecular formula is C6H5N3O2. The van der Waals surface area contributed by atoms with Gasteiger partial charge in [0.1, 0.15) is 5.52 Å².